The molecule has 0 radical (unpaired) electrons. The number of allylic oxidation sites excluding steroid dienone is 1. The lowest BCUT2D eigenvalue weighted by Crippen LogP contribution is -2.62. The van der Waals surface area contributed by atoms with Crippen molar-refractivity contribution in [2.45, 2.75) is 44.1 Å². The molecule has 4 nitrogen and oxygen atoms in total. The number of benzene rings is 2. The van der Waals surface area contributed by atoms with Crippen LogP contribution in [0.1, 0.15) is 43.7 Å². The first-order valence-corrected chi connectivity index (χ1v) is 10.5. The average Bonchev–Trinajstić information content (AvgIpc) is 2.96. The molecule has 0 aliphatic carbocycles. The monoisotopic (exact) mass is 428 g/mol. The maximum absolute atomic E-state index is 13.7. The minimum atomic E-state index is -0.976. The normalized spacial score (nSPS) is 26.3. The summed E-state index contributed by atoms with van der Waals surface area (Å²) in [5, 5.41) is 7.28. The number of hydrogen-bond acceptors (Lipinski definition) is 2. The van der Waals surface area contributed by atoms with Gasteiger partial charge in [0.05, 0.1) is 6.04 Å². The SMILES string of the molecule is CC=C(CC)C1NC(=O)C[C@@H](c2cccc(Cl)c2)[C@]12C(=O)Nc1cc(Cl)ccc12. The highest BCUT2D eigenvalue weighted by atomic mass is 35.5. The fourth-order valence-corrected chi connectivity index (χ4v) is 5.28. The molecule has 1 spiro atoms. The molecule has 1 fully saturated rings. The Morgan fingerprint density at radius 1 is 1.17 bits per heavy atom. The number of piperidine rings is 1. The molecule has 4 rings (SSSR count). The number of amides is 2. The lowest BCUT2D eigenvalue weighted by atomic mass is 9.59. The molecule has 0 aromatic heterocycles. The summed E-state index contributed by atoms with van der Waals surface area (Å²) in [7, 11) is 0. The van der Waals surface area contributed by atoms with Crippen LogP contribution in [0.25, 0.3) is 0 Å². The maximum Gasteiger partial charge on any atom is 0.238 e. The van der Waals surface area contributed by atoms with Gasteiger partial charge in [-0.1, -0.05) is 60.0 Å². The Morgan fingerprint density at radius 3 is 2.62 bits per heavy atom. The van der Waals surface area contributed by atoms with Gasteiger partial charge in [-0.2, -0.15) is 0 Å². The number of rotatable bonds is 3. The maximum atomic E-state index is 13.7. The average molecular weight is 429 g/mol. The standard InChI is InChI=1S/C23H22Cl2N2O2/c1-3-13(4-2)21-23(17-9-8-16(25)11-19(17)26-22(23)29)18(12-20(28)27-21)14-6-5-7-15(24)10-14/h3,5-11,18,21H,4,12H2,1-2H3,(H,26,29)(H,27,28)/t18-,21?,23-/m0/s1. The van der Waals surface area contributed by atoms with Gasteiger partial charge in [-0.05, 0) is 48.7 Å². The van der Waals surface area contributed by atoms with Gasteiger partial charge in [0.25, 0.3) is 0 Å². The number of hydrogen-bond donors (Lipinski definition) is 2. The van der Waals surface area contributed by atoms with Crippen LogP contribution >= 0.6 is 23.2 Å². The highest BCUT2D eigenvalue weighted by molar-refractivity contribution is 6.31. The molecule has 1 saturated heterocycles. The third-order valence-electron chi connectivity index (χ3n) is 6.15. The van der Waals surface area contributed by atoms with Crippen molar-refractivity contribution in [3.05, 3.63) is 75.3 Å². The van der Waals surface area contributed by atoms with Gasteiger partial charge in [0.15, 0.2) is 0 Å². The molecule has 6 heteroatoms. The Labute approximate surface area is 180 Å². The summed E-state index contributed by atoms with van der Waals surface area (Å²) in [6.07, 6.45) is 2.92. The Bertz CT molecular complexity index is 1030. The summed E-state index contributed by atoms with van der Waals surface area (Å²) in [5.41, 5.74) is 2.47. The lowest BCUT2D eigenvalue weighted by Gasteiger charge is -2.47. The van der Waals surface area contributed by atoms with Crippen LogP contribution in [0, 0.1) is 0 Å². The Balaban J connectivity index is 2.02. The van der Waals surface area contributed by atoms with Gasteiger partial charge >= 0.3 is 0 Å². The van der Waals surface area contributed by atoms with Crippen molar-refractivity contribution in [3.63, 3.8) is 0 Å². The van der Waals surface area contributed by atoms with Crippen LogP contribution in [-0.2, 0) is 15.0 Å². The van der Waals surface area contributed by atoms with Crippen LogP contribution in [-0.4, -0.2) is 17.9 Å². The van der Waals surface area contributed by atoms with E-state index in [1.807, 2.05) is 44.2 Å². The molecule has 2 aliphatic rings. The van der Waals surface area contributed by atoms with Crippen molar-refractivity contribution in [1.29, 1.82) is 0 Å². The molecule has 2 N–H and O–H groups in total. The second kappa shape index (κ2) is 7.51. The number of carbonyl (C=O) groups excluding carboxylic acids is 2. The second-order valence-electron chi connectivity index (χ2n) is 7.54. The largest absolute Gasteiger partial charge is 0.348 e. The Morgan fingerprint density at radius 2 is 1.93 bits per heavy atom. The molecule has 29 heavy (non-hydrogen) atoms. The zero-order valence-corrected chi connectivity index (χ0v) is 17.8. The van der Waals surface area contributed by atoms with E-state index in [0.29, 0.717) is 15.7 Å². The third kappa shape index (κ3) is 3.06. The Kier molecular flexibility index (Phi) is 5.18. The van der Waals surface area contributed by atoms with E-state index in [-0.39, 0.29) is 24.2 Å². The number of halogens is 2. The summed E-state index contributed by atoms with van der Waals surface area (Å²) in [5.74, 6) is -0.560. The quantitative estimate of drug-likeness (QED) is 0.658. The van der Waals surface area contributed by atoms with Crippen LogP contribution in [0.15, 0.2) is 54.1 Å². The van der Waals surface area contributed by atoms with E-state index in [9.17, 15) is 9.59 Å². The van der Waals surface area contributed by atoms with Crippen molar-refractivity contribution in [3.8, 4) is 0 Å². The van der Waals surface area contributed by atoms with Crippen molar-refractivity contribution in [2.75, 3.05) is 5.32 Å². The van der Waals surface area contributed by atoms with Gasteiger partial charge in [0.2, 0.25) is 11.8 Å². The minimum Gasteiger partial charge on any atom is -0.348 e. The van der Waals surface area contributed by atoms with Crippen molar-refractivity contribution in [1.82, 2.24) is 5.32 Å². The van der Waals surface area contributed by atoms with E-state index in [4.69, 9.17) is 23.2 Å². The van der Waals surface area contributed by atoms with Gasteiger partial charge in [-0.25, -0.2) is 0 Å². The highest BCUT2D eigenvalue weighted by Gasteiger charge is 2.61. The topological polar surface area (TPSA) is 58.2 Å². The van der Waals surface area contributed by atoms with Gasteiger partial charge in [0, 0.05) is 28.1 Å². The number of fused-ring (bicyclic) bond motifs is 2. The first kappa shape index (κ1) is 20.0. The molecule has 2 heterocycles. The summed E-state index contributed by atoms with van der Waals surface area (Å²) >= 11 is 12.5. The molecule has 0 bridgehead atoms. The van der Waals surface area contributed by atoms with Crippen LogP contribution in [0.4, 0.5) is 5.69 Å². The van der Waals surface area contributed by atoms with Gasteiger partial charge in [-0.15, -0.1) is 0 Å². The van der Waals surface area contributed by atoms with Crippen LogP contribution < -0.4 is 10.6 Å². The number of nitrogens with one attached hydrogen (secondary N) is 2. The predicted molar refractivity (Wildman–Crippen MR) is 117 cm³/mol. The van der Waals surface area contributed by atoms with Crippen LogP contribution in [0.2, 0.25) is 10.0 Å². The Hall–Kier alpha value is -2.30. The molecule has 1 unspecified atom stereocenters. The summed E-state index contributed by atoms with van der Waals surface area (Å²) in [4.78, 5) is 26.4. The van der Waals surface area contributed by atoms with Crippen molar-refractivity contribution < 1.29 is 9.59 Å². The van der Waals surface area contributed by atoms with Crippen molar-refractivity contribution in [2.24, 2.45) is 0 Å². The molecular formula is C23H22Cl2N2O2. The molecule has 2 amide bonds. The molecular weight excluding hydrogens is 407 g/mol. The predicted octanol–water partition coefficient (Wildman–Crippen LogP) is 5.21. The fourth-order valence-electron chi connectivity index (χ4n) is 4.91. The third-order valence-corrected chi connectivity index (χ3v) is 6.62. The highest BCUT2D eigenvalue weighted by Crippen LogP contribution is 2.54. The van der Waals surface area contributed by atoms with E-state index in [1.54, 1.807) is 18.2 Å². The van der Waals surface area contributed by atoms with E-state index in [2.05, 4.69) is 10.6 Å². The summed E-state index contributed by atoms with van der Waals surface area (Å²) < 4.78 is 0. The van der Waals surface area contributed by atoms with Crippen LogP contribution in [0.5, 0.6) is 0 Å². The molecule has 150 valence electrons. The summed E-state index contributed by atoms with van der Waals surface area (Å²) in [6.45, 7) is 3.98. The zero-order valence-electron chi connectivity index (χ0n) is 16.3. The smallest absolute Gasteiger partial charge is 0.238 e. The fraction of sp³-hybridized carbons (Fsp3) is 0.304. The van der Waals surface area contributed by atoms with Gasteiger partial charge < -0.3 is 10.6 Å². The second-order valence-corrected chi connectivity index (χ2v) is 8.42. The van der Waals surface area contributed by atoms with Gasteiger partial charge in [0.1, 0.15) is 5.41 Å². The van der Waals surface area contributed by atoms with E-state index in [1.165, 1.54) is 0 Å². The molecule has 2 aliphatic heterocycles. The molecule has 0 saturated carbocycles. The van der Waals surface area contributed by atoms with Crippen molar-refractivity contribution >= 4 is 40.7 Å². The van der Waals surface area contributed by atoms with Crippen LogP contribution in [0.3, 0.4) is 0 Å². The van der Waals surface area contributed by atoms with E-state index >= 15 is 0 Å². The van der Waals surface area contributed by atoms with E-state index < -0.39 is 11.5 Å². The number of anilines is 1. The summed E-state index contributed by atoms with van der Waals surface area (Å²) in [6, 6.07) is 12.5. The van der Waals surface area contributed by atoms with Gasteiger partial charge in [-0.3, -0.25) is 9.59 Å². The zero-order chi connectivity index (χ0) is 20.8. The molecule has 2 aromatic rings. The lowest BCUT2D eigenvalue weighted by molar-refractivity contribution is -0.130. The first-order valence-electron chi connectivity index (χ1n) is 9.73. The molecule has 2 aromatic carbocycles. The first-order chi connectivity index (χ1) is 13.9. The molecule has 3 atom stereocenters. The van der Waals surface area contributed by atoms with E-state index in [0.717, 1.165) is 23.1 Å². The number of carbonyl (C=O) groups is 2. The minimum absolute atomic E-state index is 0.0754.